The summed E-state index contributed by atoms with van der Waals surface area (Å²) in [6, 6.07) is 11.3. The lowest BCUT2D eigenvalue weighted by Crippen LogP contribution is -2.19. The Bertz CT molecular complexity index is 765. The molecule has 0 aromatic heterocycles. The highest BCUT2D eigenvalue weighted by Crippen LogP contribution is 2.12. The van der Waals surface area contributed by atoms with Crippen molar-refractivity contribution in [2.75, 3.05) is 0 Å². The minimum atomic E-state index is -1.12. The third kappa shape index (κ3) is 8.24. The molecule has 0 radical (unpaired) electrons. The maximum absolute atomic E-state index is 10.3. The van der Waals surface area contributed by atoms with Crippen LogP contribution in [0.4, 0.5) is 21.0 Å². The van der Waals surface area contributed by atoms with Gasteiger partial charge in [-0.25, -0.2) is 9.59 Å². The van der Waals surface area contributed by atoms with Gasteiger partial charge in [-0.1, -0.05) is 12.1 Å². The van der Waals surface area contributed by atoms with Crippen LogP contribution in [0.3, 0.4) is 0 Å². The van der Waals surface area contributed by atoms with Crippen molar-refractivity contribution in [3.05, 3.63) is 79.9 Å². The van der Waals surface area contributed by atoms with Crippen LogP contribution in [-0.2, 0) is 17.9 Å². The molecule has 2 aromatic rings. The van der Waals surface area contributed by atoms with Crippen LogP contribution in [0.1, 0.15) is 11.1 Å². The van der Waals surface area contributed by atoms with Gasteiger partial charge in [-0.3, -0.25) is 20.2 Å². The average molecular weight is 392 g/mol. The zero-order chi connectivity index (χ0) is 21.1. The molecule has 0 aliphatic heterocycles. The smallest absolute Gasteiger partial charge is 0.404 e. The molecule has 4 N–H and O–H groups in total. The van der Waals surface area contributed by atoms with Crippen molar-refractivity contribution < 1.29 is 29.3 Å². The normalized spacial score (nSPS) is 9.43. The number of nitrogens with one attached hydrogen (secondary N) is 1. The van der Waals surface area contributed by atoms with E-state index >= 15 is 0 Å². The number of nitro groups is 2. The second-order valence-electron chi connectivity index (χ2n) is 5.11. The van der Waals surface area contributed by atoms with Crippen molar-refractivity contribution in [2.24, 2.45) is 5.73 Å². The summed E-state index contributed by atoms with van der Waals surface area (Å²) in [4.78, 5) is 39.9. The van der Waals surface area contributed by atoms with Crippen LogP contribution < -0.4 is 11.1 Å². The first-order valence-electron chi connectivity index (χ1n) is 7.54. The first kappa shape index (κ1) is 21.8. The largest absolute Gasteiger partial charge is 0.465 e. The van der Waals surface area contributed by atoms with Gasteiger partial charge in [-0.15, -0.1) is 0 Å². The molecule has 0 saturated heterocycles. The Balaban J connectivity index is 0.000000280. The van der Waals surface area contributed by atoms with Gasteiger partial charge >= 0.3 is 12.2 Å². The molecule has 2 rings (SSSR count). The highest BCUT2D eigenvalue weighted by molar-refractivity contribution is 5.64. The monoisotopic (exact) mass is 392 g/mol. The number of amides is 2. The number of rotatable bonds is 6. The number of nitrogens with zero attached hydrogens (tertiary/aromatic N) is 2. The van der Waals surface area contributed by atoms with Gasteiger partial charge in [0.2, 0.25) is 0 Å². The summed E-state index contributed by atoms with van der Waals surface area (Å²) in [5, 5.41) is 31.0. The maximum Gasteiger partial charge on any atom is 0.404 e. The van der Waals surface area contributed by atoms with E-state index in [1.54, 1.807) is 0 Å². The van der Waals surface area contributed by atoms with E-state index in [0.717, 1.165) is 0 Å². The van der Waals surface area contributed by atoms with Crippen molar-refractivity contribution in [1.29, 1.82) is 0 Å². The SMILES string of the molecule is NC(=O)OCc1ccc([N+](=O)[O-])cc1.O=C(O)NCc1ccc([N+](=O)[O-])cc1. The van der Waals surface area contributed by atoms with Gasteiger partial charge in [-0.2, -0.15) is 0 Å². The van der Waals surface area contributed by atoms with E-state index in [1.807, 2.05) is 0 Å². The fourth-order valence-electron chi connectivity index (χ4n) is 1.78. The van der Waals surface area contributed by atoms with Crippen LogP contribution in [-0.4, -0.2) is 27.1 Å². The van der Waals surface area contributed by atoms with E-state index in [-0.39, 0.29) is 24.5 Å². The molecule has 28 heavy (non-hydrogen) atoms. The summed E-state index contributed by atoms with van der Waals surface area (Å²) in [7, 11) is 0. The van der Waals surface area contributed by atoms with Crippen molar-refractivity contribution in [3.8, 4) is 0 Å². The molecule has 0 heterocycles. The second-order valence-corrected chi connectivity index (χ2v) is 5.11. The van der Waals surface area contributed by atoms with Gasteiger partial charge in [0, 0.05) is 30.8 Å². The third-order valence-electron chi connectivity index (χ3n) is 3.12. The average Bonchev–Trinajstić information content (AvgIpc) is 2.65. The maximum atomic E-state index is 10.3. The van der Waals surface area contributed by atoms with E-state index in [0.29, 0.717) is 11.1 Å². The van der Waals surface area contributed by atoms with E-state index < -0.39 is 22.0 Å². The van der Waals surface area contributed by atoms with Crippen LogP contribution in [0.2, 0.25) is 0 Å². The Morgan fingerprint density at radius 3 is 1.71 bits per heavy atom. The molecule has 0 bridgehead atoms. The molecule has 0 atom stereocenters. The zero-order valence-corrected chi connectivity index (χ0v) is 14.3. The van der Waals surface area contributed by atoms with Crippen LogP contribution >= 0.6 is 0 Å². The lowest BCUT2D eigenvalue weighted by atomic mass is 10.2. The van der Waals surface area contributed by atoms with Crippen molar-refractivity contribution >= 4 is 23.6 Å². The Morgan fingerprint density at radius 1 is 0.929 bits per heavy atom. The predicted octanol–water partition coefficient (Wildman–Crippen LogP) is 2.55. The van der Waals surface area contributed by atoms with Gasteiger partial charge in [0.15, 0.2) is 0 Å². The van der Waals surface area contributed by atoms with Gasteiger partial charge in [0.1, 0.15) is 6.61 Å². The van der Waals surface area contributed by atoms with Crippen molar-refractivity contribution in [2.45, 2.75) is 13.2 Å². The fourth-order valence-corrected chi connectivity index (χ4v) is 1.78. The van der Waals surface area contributed by atoms with Crippen molar-refractivity contribution in [3.63, 3.8) is 0 Å². The summed E-state index contributed by atoms with van der Waals surface area (Å²) < 4.78 is 4.50. The van der Waals surface area contributed by atoms with Crippen LogP contribution in [0.5, 0.6) is 0 Å². The number of primary amides is 1. The number of nitro benzene ring substituents is 2. The van der Waals surface area contributed by atoms with Crippen LogP contribution in [0.25, 0.3) is 0 Å². The highest BCUT2D eigenvalue weighted by atomic mass is 16.6. The Hall–Kier alpha value is -4.22. The molecular weight excluding hydrogens is 376 g/mol. The van der Waals surface area contributed by atoms with Gasteiger partial charge in [-0.05, 0) is 23.3 Å². The molecule has 2 aromatic carbocycles. The molecule has 12 heteroatoms. The number of benzene rings is 2. The number of nitrogens with two attached hydrogens (primary N) is 1. The van der Waals surface area contributed by atoms with E-state index in [4.69, 9.17) is 10.8 Å². The third-order valence-corrected chi connectivity index (χ3v) is 3.12. The number of ether oxygens (including phenoxy) is 1. The highest BCUT2D eigenvalue weighted by Gasteiger charge is 2.05. The van der Waals surface area contributed by atoms with Gasteiger partial charge < -0.3 is 20.9 Å². The quantitative estimate of drug-likeness (QED) is 0.493. The van der Waals surface area contributed by atoms with Gasteiger partial charge in [0.25, 0.3) is 11.4 Å². The van der Waals surface area contributed by atoms with Crippen LogP contribution in [0.15, 0.2) is 48.5 Å². The topological polar surface area (TPSA) is 188 Å². The standard InChI is InChI=1S/2C8H8N2O4/c9-8(11)14-5-6-1-3-7(4-2-6)10(12)13;11-8(12)9-5-6-1-3-7(4-2-6)10(13)14/h1-4H,5H2,(H2,9,11);1-4,9H,5H2,(H,11,12). The Labute approximate surface area is 157 Å². The van der Waals surface area contributed by atoms with Crippen LogP contribution in [0, 0.1) is 20.2 Å². The number of carbonyl (C=O) groups is 2. The summed E-state index contributed by atoms with van der Waals surface area (Å²) in [5.74, 6) is 0. The molecule has 0 aliphatic carbocycles. The minimum Gasteiger partial charge on any atom is -0.465 e. The number of hydrogen-bond acceptors (Lipinski definition) is 7. The summed E-state index contributed by atoms with van der Waals surface area (Å²) in [5.41, 5.74) is 6.06. The number of carbonyl (C=O) groups excluding carboxylic acids is 1. The molecule has 148 valence electrons. The van der Waals surface area contributed by atoms with E-state index in [1.165, 1.54) is 48.5 Å². The number of non-ortho nitro benzene ring substituents is 2. The molecule has 0 aliphatic rings. The molecule has 0 unspecified atom stereocenters. The summed E-state index contributed by atoms with van der Waals surface area (Å²) in [6.07, 6.45) is -1.99. The second kappa shape index (κ2) is 10.7. The molecule has 0 saturated carbocycles. The zero-order valence-electron chi connectivity index (χ0n) is 14.3. The number of carboxylic acid groups (broad SMARTS) is 1. The van der Waals surface area contributed by atoms with E-state index in [2.05, 4.69) is 10.1 Å². The van der Waals surface area contributed by atoms with Gasteiger partial charge in [0.05, 0.1) is 9.85 Å². The van der Waals surface area contributed by atoms with Crippen molar-refractivity contribution in [1.82, 2.24) is 5.32 Å². The predicted molar refractivity (Wildman–Crippen MR) is 95.4 cm³/mol. The summed E-state index contributed by atoms with van der Waals surface area (Å²) >= 11 is 0. The number of hydrogen-bond donors (Lipinski definition) is 3. The Kier molecular flexibility index (Phi) is 8.34. The lowest BCUT2D eigenvalue weighted by molar-refractivity contribution is -0.385. The minimum absolute atomic E-state index is 0.00664. The molecular formula is C16H16N4O8. The molecule has 12 nitrogen and oxygen atoms in total. The lowest BCUT2D eigenvalue weighted by Gasteiger charge is -2.00. The van der Waals surface area contributed by atoms with E-state index in [9.17, 15) is 29.8 Å². The Morgan fingerprint density at radius 2 is 1.36 bits per heavy atom. The first-order valence-corrected chi connectivity index (χ1v) is 7.54. The first-order chi connectivity index (χ1) is 13.2. The molecule has 0 fully saturated rings. The summed E-state index contributed by atoms with van der Waals surface area (Å²) in [6.45, 7) is 0.167. The molecule has 0 spiro atoms. The fraction of sp³-hybridized carbons (Fsp3) is 0.125. The molecule has 2 amide bonds.